The highest BCUT2D eigenvalue weighted by Crippen LogP contribution is 2.24. The second-order valence-electron chi connectivity index (χ2n) is 8.07. The van der Waals surface area contributed by atoms with E-state index in [1.54, 1.807) is 30.5 Å². The summed E-state index contributed by atoms with van der Waals surface area (Å²) in [6.07, 6.45) is 3.68. The van der Waals surface area contributed by atoms with E-state index in [1.807, 2.05) is 30.5 Å². The molecule has 5 nitrogen and oxygen atoms in total. The molecule has 164 valence electrons. The summed E-state index contributed by atoms with van der Waals surface area (Å²) in [7, 11) is 0. The summed E-state index contributed by atoms with van der Waals surface area (Å²) in [5.74, 6) is -1.37. The SMILES string of the molecule is N#C[C@H](C(=O)N/N=C\c1cn(Cc2cccc3ccccc23)c2ccccc12)c1ccccc1. The molecule has 0 aliphatic heterocycles. The van der Waals surface area contributed by atoms with Crippen molar-refractivity contribution in [3.8, 4) is 6.07 Å². The Hall–Kier alpha value is -4.69. The normalized spacial score (nSPS) is 12.1. The number of nitriles is 1. The van der Waals surface area contributed by atoms with Gasteiger partial charge in [-0.15, -0.1) is 0 Å². The molecule has 0 unspecified atom stereocenters. The first-order valence-corrected chi connectivity index (χ1v) is 11.1. The molecule has 1 N–H and O–H groups in total. The highest BCUT2D eigenvalue weighted by Gasteiger charge is 2.19. The summed E-state index contributed by atoms with van der Waals surface area (Å²) in [5.41, 5.74) is 6.38. The molecule has 0 spiro atoms. The van der Waals surface area contributed by atoms with Crippen molar-refractivity contribution in [2.45, 2.75) is 12.5 Å². The van der Waals surface area contributed by atoms with Crippen molar-refractivity contribution < 1.29 is 4.79 Å². The summed E-state index contributed by atoms with van der Waals surface area (Å²) in [6, 6.07) is 33.9. The predicted molar refractivity (Wildman–Crippen MR) is 136 cm³/mol. The van der Waals surface area contributed by atoms with Crippen molar-refractivity contribution in [2.75, 3.05) is 0 Å². The summed E-state index contributed by atoms with van der Waals surface area (Å²) >= 11 is 0. The van der Waals surface area contributed by atoms with Gasteiger partial charge in [-0.25, -0.2) is 5.43 Å². The van der Waals surface area contributed by atoms with Crippen LogP contribution in [0.5, 0.6) is 0 Å². The van der Waals surface area contributed by atoms with E-state index >= 15 is 0 Å². The van der Waals surface area contributed by atoms with Gasteiger partial charge in [-0.1, -0.05) is 91.0 Å². The van der Waals surface area contributed by atoms with Gasteiger partial charge in [0.05, 0.1) is 12.3 Å². The van der Waals surface area contributed by atoms with Crippen LogP contribution < -0.4 is 5.43 Å². The van der Waals surface area contributed by atoms with Crippen molar-refractivity contribution in [1.82, 2.24) is 9.99 Å². The summed E-state index contributed by atoms with van der Waals surface area (Å²) in [6.45, 7) is 0.715. The van der Waals surface area contributed by atoms with E-state index in [9.17, 15) is 10.1 Å². The Kier molecular flexibility index (Phi) is 5.87. The van der Waals surface area contributed by atoms with Crippen LogP contribution in [0.1, 0.15) is 22.6 Å². The number of nitrogens with one attached hydrogen (secondary N) is 1. The number of aromatic nitrogens is 1. The zero-order valence-corrected chi connectivity index (χ0v) is 18.4. The van der Waals surface area contributed by atoms with Crippen molar-refractivity contribution >= 4 is 33.8 Å². The number of carbonyl (C=O) groups is 1. The van der Waals surface area contributed by atoms with Crippen LogP contribution in [0.4, 0.5) is 0 Å². The molecule has 1 amide bonds. The summed E-state index contributed by atoms with van der Waals surface area (Å²) in [4.78, 5) is 12.5. The molecule has 0 saturated carbocycles. The second kappa shape index (κ2) is 9.43. The molecular weight excluding hydrogens is 420 g/mol. The number of hydrogen-bond acceptors (Lipinski definition) is 3. The van der Waals surface area contributed by atoms with Gasteiger partial charge >= 0.3 is 0 Å². The third kappa shape index (κ3) is 4.17. The predicted octanol–water partition coefficient (Wildman–Crippen LogP) is 5.60. The van der Waals surface area contributed by atoms with E-state index in [1.165, 1.54) is 16.3 Å². The van der Waals surface area contributed by atoms with E-state index in [2.05, 4.69) is 69.7 Å². The Balaban J connectivity index is 1.41. The molecule has 1 atom stereocenters. The van der Waals surface area contributed by atoms with Gasteiger partial charge in [0.2, 0.25) is 0 Å². The highest BCUT2D eigenvalue weighted by molar-refractivity contribution is 6.00. The molecule has 5 heteroatoms. The number of hydrazone groups is 1. The van der Waals surface area contributed by atoms with E-state index < -0.39 is 11.8 Å². The topological polar surface area (TPSA) is 70.2 Å². The third-order valence-corrected chi connectivity index (χ3v) is 5.94. The lowest BCUT2D eigenvalue weighted by molar-refractivity contribution is -0.121. The van der Waals surface area contributed by atoms with E-state index in [0.29, 0.717) is 12.1 Å². The van der Waals surface area contributed by atoms with Crippen LogP contribution in [-0.4, -0.2) is 16.7 Å². The number of amides is 1. The quantitative estimate of drug-likeness (QED) is 0.275. The first-order chi connectivity index (χ1) is 16.7. The smallest absolute Gasteiger partial charge is 0.261 e. The number of para-hydroxylation sites is 1. The van der Waals surface area contributed by atoms with Crippen LogP contribution in [-0.2, 0) is 11.3 Å². The van der Waals surface area contributed by atoms with Gasteiger partial charge in [0.1, 0.15) is 0 Å². The van der Waals surface area contributed by atoms with Crippen molar-refractivity contribution in [3.05, 3.63) is 120 Å². The van der Waals surface area contributed by atoms with Gasteiger partial charge in [-0.2, -0.15) is 10.4 Å². The molecular formula is C29H22N4O. The molecule has 0 aliphatic rings. The Morgan fingerprint density at radius 2 is 1.62 bits per heavy atom. The largest absolute Gasteiger partial charge is 0.342 e. The van der Waals surface area contributed by atoms with Gasteiger partial charge in [-0.05, 0) is 28.0 Å². The van der Waals surface area contributed by atoms with Crippen LogP contribution in [0.3, 0.4) is 0 Å². The van der Waals surface area contributed by atoms with E-state index in [0.717, 1.165) is 16.5 Å². The lowest BCUT2D eigenvalue weighted by atomic mass is 10.0. The number of carbonyl (C=O) groups excluding carboxylic acids is 1. The van der Waals surface area contributed by atoms with Crippen molar-refractivity contribution in [1.29, 1.82) is 5.26 Å². The molecule has 0 saturated heterocycles. The van der Waals surface area contributed by atoms with Crippen molar-refractivity contribution in [2.24, 2.45) is 5.10 Å². The van der Waals surface area contributed by atoms with Crippen LogP contribution in [0, 0.1) is 11.3 Å². The zero-order valence-electron chi connectivity index (χ0n) is 18.4. The average molecular weight is 443 g/mol. The molecule has 0 aliphatic carbocycles. The summed E-state index contributed by atoms with van der Waals surface area (Å²) in [5, 5.41) is 17.1. The van der Waals surface area contributed by atoms with E-state index in [-0.39, 0.29) is 0 Å². The van der Waals surface area contributed by atoms with Crippen molar-refractivity contribution in [3.63, 3.8) is 0 Å². The number of hydrogen-bond donors (Lipinski definition) is 1. The minimum atomic E-state index is -0.911. The van der Waals surface area contributed by atoms with Gasteiger partial charge < -0.3 is 4.57 Å². The van der Waals surface area contributed by atoms with Gasteiger partial charge in [-0.3, -0.25) is 4.79 Å². The van der Waals surface area contributed by atoms with Gasteiger partial charge in [0, 0.05) is 29.2 Å². The zero-order chi connectivity index (χ0) is 23.3. The Morgan fingerprint density at radius 1 is 0.912 bits per heavy atom. The molecule has 34 heavy (non-hydrogen) atoms. The number of rotatable bonds is 6. The molecule has 0 fully saturated rings. The molecule has 0 bridgehead atoms. The van der Waals surface area contributed by atoms with Gasteiger partial charge in [0.25, 0.3) is 5.91 Å². The maximum absolute atomic E-state index is 12.5. The number of fused-ring (bicyclic) bond motifs is 2. The molecule has 0 radical (unpaired) electrons. The Bertz CT molecular complexity index is 1540. The fourth-order valence-corrected chi connectivity index (χ4v) is 4.28. The highest BCUT2D eigenvalue weighted by atomic mass is 16.2. The van der Waals surface area contributed by atoms with Crippen LogP contribution in [0.25, 0.3) is 21.7 Å². The third-order valence-electron chi connectivity index (χ3n) is 5.94. The fraction of sp³-hybridized carbons (Fsp3) is 0.0690. The standard InChI is InChI=1S/C29H22N4O/c30-17-27(22-9-2-1-3-10-22)29(34)32-31-18-24-20-33(28-16-7-6-15-26(24)28)19-23-13-8-12-21-11-4-5-14-25(21)23/h1-16,18,20,27H,19H2,(H,32,34)/b31-18-/t27-/m0/s1. The van der Waals surface area contributed by atoms with Gasteiger partial charge in [0.15, 0.2) is 5.92 Å². The number of benzene rings is 4. The molecule has 5 rings (SSSR count). The lowest BCUT2D eigenvalue weighted by Gasteiger charge is -2.09. The minimum Gasteiger partial charge on any atom is -0.342 e. The molecule has 5 aromatic rings. The minimum absolute atomic E-state index is 0.454. The molecule has 4 aromatic carbocycles. The fourth-order valence-electron chi connectivity index (χ4n) is 4.28. The molecule has 1 aromatic heterocycles. The number of nitrogens with zero attached hydrogens (tertiary/aromatic N) is 3. The monoisotopic (exact) mass is 442 g/mol. The maximum Gasteiger partial charge on any atom is 0.261 e. The first kappa shape index (κ1) is 21.2. The lowest BCUT2D eigenvalue weighted by Crippen LogP contribution is -2.24. The van der Waals surface area contributed by atoms with E-state index in [4.69, 9.17) is 0 Å². The first-order valence-electron chi connectivity index (χ1n) is 11.1. The van der Waals surface area contributed by atoms with Crippen LogP contribution in [0.2, 0.25) is 0 Å². The van der Waals surface area contributed by atoms with Crippen LogP contribution in [0.15, 0.2) is 108 Å². The Morgan fingerprint density at radius 3 is 2.44 bits per heavy atom. The summed E-state index contributed by atoms with van der Waals surface area (Å²) < 4.78 is 2.20. The molecule has 1 heterocycles. The van der Waals surface area contributed by atoms with Crippen LogP contribution >= 0.6 is 0 Å². The average Bonchev–Trinajstić information content (AvgIpc) is 3.23. The Labute approximate surface area is 197 Å². The maximum atomic E-state index is 12.5. The second-order valence-corrected chi connectivity index (χ2v) is 8.07.